The normalized spacial score (nSPS) is 13.7. The van der Waals surface area contributed by atoms with Gasteiger partial charge in [-0.1, -0.05) is 133 Å². The zero-order valence-electron chi connectivity index (χ0n) is 21.7. The fourth-order valence-corrected chi connectivity index (χ4v) is 5.95. The molecule has 6 aromatic carbocycles. The maximum absolute atomic E-state index is 6.80. The van der Waals surface area contributed by atoms with Crippen LogP contribution in [0, 0.1) is 0 Å². The van der Waals surface area contributed by atoms with Crippen molar-refractivity contribution in [2.24, 2.45) is 0 Å². The zero-order valence-corrected chi connectivity index (χ0v) is 21.7. The lowest BCUT2D eigenvalue weighted by Crippen LogP contribution is -2.12. The minimum absolute atomic E-state index is 0.841. The van der Waals surface area contributed by atoms with Crippen LogP contribution >= 0.6 is 0 Å². The number of hydrogen-bond acceptors (Lipinski definition) is 2. The van der Waals surface area contributed by atoms with Gasteiger partial charge in [-0.15, -0.1) is 0 Å². The molecule has 2 heteroatoms. The summed E-state index contributed by atoms with van der Waals surface area (Å²) in [6, 6.07) is 50.4. The van der Waals surface area contributed by atoms with Crippen LogP contribution in [0.5, 0.6) is 11.5 Å². The van der Waals surface area contributed by atoms with Gasteiger partial charge in [-0.3, -0.25) is 0 Å². The Bertz CT molecular complexity index is 1810. The van der Waals surface area contributed by atoms with Crippen molar-refractivity contribution in [1.29, 1.82) is 0 Å². The maximum atomic E-state index is 6.80. The molecule has 2 heterocycles. The van der Waals surface area contributed by atoms with E-state index in [-0.39, 0.29) is 0 Å². The highest BCUT2D eigenvalue weighted by Crippen LogP contribution is 2.53. The summed E-state index contributed by atoms with van der Waals surface area (Å²) >= 11 is 0. The van der Waals surface area contributed by atoms with Crippen LogP contribution in [0.1, 0.15) is 33.4 Å². The molecule has 2 aliphatic rings. The van der Waals surface area contributed by atoms with E-state index in [4.69, 9.17) is 9.47 Å². The summed E-state index contributed by atoms with van der Waals surface area (Å²) in [5.41, 5.74) is 8.79. The molecule has 8 rings (SSSR count). The topological polar surface area (TPSA) is 18.5 Å². The molecule has 0 aromatic heterocycles. The van der Waals surface area contributed by atoms with Gasteiger partial charge in [0.25, 0.3) is 0 Å². The summed E-state index contributed by atoms with van der Waals surface area (Å²) in [4.78, 5) is 0. The molecule has 0 saturated heterocycles. The highest BCUT2D eigenvalue weighted by molar-refractivity contribution is 6.17. The third-order valence-electron chi connectivity index (χ3n) is 7.70. The smallest absolute Gasteiger partial charge is 0.143 e. The second kappa shape index (κ2) is 9.14. The summed E-state index contributed by atoms with van der Waals surface area (Å²) in [6.07, 6.45) is 0. The van der Waals surface area contributed by atoms with Crippen LogP contribution in [-0.2, 0) is 0 Å². The summed E-state index contributed by atoms with van der Waals surface area (Å²) in [5.74, 6) is 3.41. The lowest BCUT2D eigenvalue weighted by atomic mass is 9.83. The van der Waals surface area contributed by atoms with E-state index in [9.17, 15) is 0 Å². The Morgan fingerprint density at radius 2 is 0.625 bits per heavy atom. The van der Waals surface area contributed by atoms with E-state index in [1.165, 1.54) is 0 Å². The van der Waals surface area contributed by atoms with Gasteiger partial charge in [0, 0.05) is 33.0 Å². The first-order chi connectivity index (χ1) is 19.9. The number of benzene rings is 6. The fourth-order valence-electron chi connectivity index (χ4n) is 5.95. The predicted molar refractivity (Wildman–Crippen MR) is 163 cm³/mol. The second-order valence-corrected chi connectivity index (χ2v) is 10.0. The molecule has 188 valence electrons. The molecule has 2 nitrogen and oxygen atoms in total. The van der Waals surface area contributed by atoms with Crippen molar-refractivity contribution in [3.8, 4) is 11.5 Å². The molecule has 0 bridgehead atoms. The summed E-state index contributed by atoms with van der Waals surface area (Å²) < 4.78 is 13.6. The van der Waals surface area contributed by atoms with Crippen LogP contribution in [0.4, 0.5) is 0 Å². The standard InChI is InChI=1S/C38H24O2/c1-5-13-25(14-6-1)33-29-21-22-30-34(26-15-7-2-8-16-26)38(28-19-11-4-12-20-28)40-32-24-23-31(35(29)36(30)32)39-37(33)27-17-9-3-10-18-27/h1-24H. The SMILES string of the molecule is c1ccc(C2=C(c3ccccc3)c3ccc4c5c(ccc(c35)O2)OC(c2ccccc2)=C4c2ccccc2)cc1. The third kappa shape index (κ3) is 3.50. The van der Waals surface area contributed by atoms with Gasteiger partial charge in [0.2, 0.25) is 0 Å². The van der Waals surface area contributed by atoms with Crippen molar-refractivity contribution in [2.75, 3.05) is 0 Å². The Hall–Kier alpha value is -5.34. The van der Waals surface area contributed by atoms with Crippen LogP contribution in [0.15, 0.2) is 146 Å². The van der Waals surface area contributed by atoms with Crippen molar-refractivity contribution in [3.05, 3.63) is 179 Å². The van der Waals surface area contributed by atoms with Crippen LogP contribution in [0.3, 0.4) is 0 Å². The van der Waals surface area contributed by atoms with Crippen molar-refractivity contribution < 1.29 is 9.47 Å². The van der Waals surface area contributed by atoms with Crippen LogP contribution in [-0.4, -0.2) is 0 Å². The van der Waals surface area contributed by atoms with Crippen molar-refractivity contribution in [1.82, 2.24) is 0 Å². The van der Waals surface area contributed by atoms with Gasteiger partial charge in [0.1, 0.15) is 23.0 Å². The first-order valence-electron chi connectivity index (χ1n) is 13.5. The quantitative estimate of drug-likeness (QED) is 0.234. The monoisotopic (exact) mass is 512 g/mol. The molecular formula is C38H24O2. The van der Waals surface area contributed by atoms with E-state index in [0.717, 1.165) is 78.3 Å². The number of hydrogen-bond donors (Lipinski definition) is 0. The zero-order chi connectivity index (χ0) is 26.5. The van der Waals surface area contributed by atoms with E-state index >= 15 is 0 Å². The van der Waals surface area contributed by atoms with Gasteiger partial charge in [0.15, 0.2) is 0 Å². The maximum Gasteiger partial charge on any atom is 0.143 e. The highest BCUT2D eigenvalue weighted by atomic mass is 16.5. The first-order valence-corrected chi connectivity index (χ1v) is 13.5. The minimum Gasteiger partial charge on any atom is -0.455 e. The van der Waals surface area contributed by atoms with Crippen molar-refractivity contribution in [2.45, 2.75) is 0 Å². The summed E-state index contributed by atoms with van der Waals surface area (Å²) in [5, 5.41) is 2.16. The van der Waals surface area contributed by atoms with Gasteiger partial charge < -0.3 is 9.47 Å². The second-order valence-electron chi connectivity index (χ2n) is 10.0. The Morgan fingerprint density at radius 3 is 0.975 bits per heavy atom. The Kier molecular flexibility index (Phi) is 5.17. The van der Waals surface area contributed by atoms with Gasteiger partial charge in [0.05, 0.1) is 0 Å². The van der Waals surface area contributed by atoms with E-state index in [0.29, 0.717) is 0 Å². The van der Waals surface area contributed by atoms with Crippen molar-refractivity contribution >= 4 is 33.4 Å². The van der Waals surface area contributed by atoms with E-state index in [2.05, 4.69) is 121 Å². The molecule has 0 N–H and O–H groups in total. The molecule has 0 spiro atoms. The molecule has 2 aliphatic heterocycles. The predicted octanol–water partition coefficient (Wildman–Crippen LogP) is 9.46. The average molecular weight is 513 g/mol. The van der Waals surface area contributed by atoms with Gasteiger partial charge >= 0.3 is 0 Å². The Labute approximate surface area is 233 Å². The number of ether oxygens (including phenoxy) is 2. The molecule has 0 amide bonds. The lowest BCUT2D eigenvalue weighted by Gasteiger charge is -2.30. The summed E-state index contributed by atoms with van der Waals surface area (Å²) in [6.45, 7) is 0. The van der Waals surface area contributed by atoms with Gasteiger partial charge in [-0.05, 0) is 34.4 Å². The Balaban J connectivity index is 1.45. The van der Waals surface area contributed by atoms with Crippen molar-refractivity contribution in [3.63, 3.8) is 0 Å². The molecule has 40 heavy (non-hydrogen) atoms. The molecule has 6 aromatic rings. The molecule has 0 saturated carbocycles. The summed E-state index contributed by atoms with van der Waals surface area (Å²) in [7, 11) is 0. The molecule has 0 fully saturated rings. The largest absolute Gasteiger partial charge is 0.455 e. The molecule has 0 unspecified atom stereocenters. The van der Waals surface area contributed by atoms with E-state index in [1.54, 1.807) is 0 Å². The van der Waals surface area contributed by atoms with Gasteiger partial charge in [-0.25, -0.2) is 0 Å². The molecule has 0 radical (unpaired) electrons. The molecule has 0 aliphatic carbocycles. The lowest BCUT2D eigenvalue weighted by molar-refractivity contribution is 0.507. The first kappa shape index (κ1) is 22.6. The molecule has 0 atom stereocenters. The minimum atomic E-state index is 0.841. The Morgan fingerprint density at radius 1 is 0.300 bits per heavy atom. The van der Waals surface area contributed by atoms with Crippen LogP contribution in [0.25, 0.3) is 33.4 Å². The molecular weight excluding hydrogens is 488 g/mol. The van der Waals surface area contributed by atoms with Gasteiger partial charge in [-0.2, -0.15) is 0 Å². The fraction of sp³-hybridized carbons (Fsp3) is 0. The highest BCUT2D eigenvalue weighted by Gasteiger charge is 2.32. The average Bonchev–Trinajstić information content (AvgIpc) is 3.04. The van der Waals surface area contributed by atoms with E-state index in [1.807, 2.05) is 24.3 Å². The third-order valence-corrected chi connectivity index (χ3v) is 7.70. The number of rotatable bonds is 4. The van der Waals surface area contributed by atoms with Crippen LogP contribution < -0.4 is 9.47 Å². The van der Waals surface area contributed by atoms with Crippen LogP contribution in [0.2, 0.25) is 0 Å². The van der Waals surface area contributed by atoms with E-state index < -0.39 is 0 Å².